The van der Waals surface area contributed by atoms with Gasteiger partial charge in [0.2, 0.25) is 0 Å². The maximum absolute atomic E-state index is 14.0. The summed E-state index contributed by atoms with van der Waals surface area (Å²) in [5.74, 6) is 3.93. The van der Waals surface area contributed by atoms with Crippen LogP contribution in [-0.2, 0) is 20.0 Å². The maximum Gasteiger partial charge on any atom is 0.278 e. The molecule has 0 amide bonds. The zero-order valence-electron chi connectivity index (χ0n) is 22.4. The van der Waals surface area contributed by atoms with Crippen molar-refractivity contribution in [2.45, 2.75) is 32.7 Å². The van der Waals surface area contributed by atoms with Gasteiger partial charge in [0.1, 0.15) is 17.2 Å². The predicted octanol–water partition coefficient (Wildman–Crippen LogP) is 5.51. The third-order valence-corrected chi connectivity index (χ3v) is 6.90. The average molecular weight is 555 g/mol. The molecule has 0 aliphatic carbocycles. The van der Waals surface area contributed by atoms with E-state index in [1.807, 2.05) is 18.2 Å². The second-order valence-corrected chi connectivity index (χ2v) is 9.65. The number of nitrogens with zero attached hydrogens (tertiary/aromatic N) is 4. The van der Waals surface area contributed by atoms with Crippen molar-refractivity contribution in [3.8, 4) is 11.8 Å². The van der Waals surface area contributed by atoms with Crippen molar-refractivity contribution < 1.29 is 18.0 Å². The smallest absolute Gasteiger partial charge is 0.278 e. The Labute approximate surface area is 234 Å². The number of hydrogen-bond acceptors (Lipinski definition) is 4. The number of carbonyl (C=O) groups excluding carboxylic acids is 1. The second-order valence-electron chi connectivity index (χ2n) is 9.65. The normalized spacial score (nSPS) is 11.0. The minimum Gasteiger partial charge on any atom is -0.294 e. The standard InChI is InChI=1S/C32H25F3N4O2/c1-20-31(32(41)39(38(20)2)19-22-11-13-26(34)27(35)16-22)29(40)10-6-3-7-21-12-14-28-24(15-21)18-36-30(37-28)17-23-8-4-5-9-25(23)33/h4-5,8-9,11-16,18H,6,10,17,19H2,1-2H3. The summed E-state index contributed by atoms with van der Waals surface area (Å²) in [6, 6.07) is 15.4. The summed E-state index contributed by atoms with van der Waals surface area (Å²) in [5, 5.41) is 0.784. The van der Waals surface area contributed by atoms with Crippen LogP contribution >= 0.6 is 0 Å². The van der Waals surface area contributed by atoms with E-state index in [-0.39, 0.29) is 43.0 Å². The highest BCUT2D eigenvalue weighted by Gasteiger charge is 2.21. The summed E-state index contributed by atoms with van der Waals surface area (Å²) < 4.78 is 43.7. The van der Waals surface area contributed by atoms with Crippen molar-refractivity contribution in [1.29, 1.82) is 0 Å². The van der Waals surface area contributed by atoms with Crippen molar-refractivity contribution in [2.75, 3.05) is 0 Å². The lowest BCUT2D eigenvalue weighted by Crippen LogP contribution is -2.25. The fourth-order valence-corrected chi connectivity index (χ4v) is 4.59. The van der Waals surface area contributed by atoms with Crippen LogP contribution in [0.2, 0.25) is 0 Å². The van der Waals surface area contributed by atoms with Gasteiger partial charge in [0.15, 0.2) is 17.4 Å². The number of Topliss-reactive ketones (excluding diaryl/α,β-unsaturated/α-hetero) is 1. The van der Waals surface area contributed by atoms with Crippen LogP contribution < -0.4 is 5.56 Å². The molecule has 5 aromatic rings. The van der Waals surface area contributed by atoms with E-state index in [2.05, 4.69) is 21.8 Å². The molecule has 0 unspecified atom stereocenters. The third-order valence-electron chi connectivity index (χ3n) is 6.90. The lowest BCUT2D eigenvalue weighted by molar-refractivity contribution is 0.0982. The van der Waals surface area contributed by atoms with E-state index in [0.717, 1.165) is 23.1 Å². The molecule has 9 heteroatoms. The molecule has 0 aliphatic rings. The van der Waals surface area contributed by atoms with Gasteiger partial charge in [-0.2, -0.15) is 0 Å². The highest BCUT2D eigenvalue weighted by atomic mass is 19.2. The molecule has 2 aromatic heterocycles. The summed E-state index contributed by atoms with van der Waals surface area (Å²) in [4.78, 5) is 34.8. The van der Waals surface area contributed by atoms with Crippen LogP contribution in [0.25, 0.3) is 10.9 Å². The van der Waals surface area contributed by atoms with Crippen molar-refractivity contribution in [2.24, 2.45) is 7.05 Å². The molecular weight excluding hydrogens is 529 g/mol. The van der Waals surface area contributed by atoms with E-state index in [1.54, 1.807) is 43.0 Å². The van der Waals surface area contributed by atoms with Gasteiger partial charge in [0.05, 0.1) is 12.1 Å². The summed E-state index contributed by atoms with van der Waals surface area (Å²) >= 11 is 0. The van der Waals surface area contributed by atoms with Gasteiger partial charge >= 0.3 is 0 Å². The molecule has 0 bridgehead atoms. The number of halogens is 3. The first-order valence-electron chi connectivity index (χ1n) is 12.9. The summed E-state index contributed by atoms with van der Waals surface area (Å²) in [6.45, 7) is 1.66. The van der Waals surface area contributed by atoms with Gasteiger partial charge in [-0.25, -0.2) is 27.8 Å². The zero-order valence-corrected chi connectivity index (χ0v) is 22.4. The molecule has 0 spiro atoms. The number of carbonyl (C=O) groups is 1. The quantitative estimate of drug-likeness (QED) is 0.197. The molecule has 2 heterocycles. The predicted molar refractivity (Wildman–Crippen MR) is 149 cm³/mol. The molecule has 5 rings (SSSR count). The zero-order chi connectivity index (χ0) is 29.1. The molecule has 6 nitrogen and oxygen atoms in total. The van der Waals surface area contributed by atoms with E-state index in [4.69, 9.17) is 0 Å². The van der Waals surface area contributed by atoms with Gasteiger partial charge in [0.25, 0.3) is 5.56 Å². The van der Waals surface area contributed by atoms with Gasteiger partial charge in [0, 0.05) is 49.2 Å². The van der Waals surface area contributed by atoms with Crippen LogP contribution in [0.4, 0.5) is 13.2 Å². The monoisotopic (exact) mass is 554 g/mol. The topological polar surface area (TPSA) is 69.8 Å². The minimum atomic E-state index is -1.00. The molecule has 0 saturated heterocycles. The second kappa shape index (κ2) is 11.6. The van der Waals surface area contributed by atoms with Crippen LogP contribution in [0.15, 0.2) is 71.7 Å². The van der Waals surface area contributed by atoms with E-state index in [0.29, 0.717) is 28.2 Å². The fourth-order valence-electron chi connectivity index (χ4n) is 4.59. The molecule has 0 saturated carbocycles. The lowest BCUT2D eigenvalue weighted by Gasteiger charge is -2.08. The van der Waals surface area contributed by atoms with Gasteiger partial charge < -0.3 is 0 Å². The molecular formula is C32H25F3N4O2. The number of ketones is 1. The Morgan fingerprint density at radius 3 is 2.56 bits per heavy atom. The van der Waals surface area contributed by atoms with Crippen LogP contribution in [0, 0.1) is 36.2 Å². The Kier molecular flexibility index (Phi) is 7.83. The molecule has 0 radical (unpaired) electrons. The van der Waals surface area contributed by atoms with Gasteiger partial charge in [-0.05, 0) is 54.4 Å². The molecule has 206 valence electrons. The van der Waals surface area contributed by atoms with Crippen molar-refractivity contribution in [1.82, 2.24) is 19.3 Å². The Morgan fingerprint density at radius 1 is 0.976 bits per heavy atom. The Bertz CT molecular complexity index is 1910. The molecule has 0 atom stereocenters. The molecule has 0 fully saturated rings. The van der Waals surface area contributed by atoms with E-state index >= 15 is 0 Å². The summed E-state index contributed by atoms with van der Waals surface area (Å²) in [6.07, 6.45) is 2.26. The third kappa shape index (κ3) is 5.97. The average Bonchev–Trinajstić information content (AvgIpc) is 3.17. The highest BCUT2D eigenvalue weighted by molar-refractivity contribution is 5.97. The van der Waals surface area contributed by atoms with Crippen LogP contribution in [0.3, 0.4) is 0 Å². The van der Waals surface area contributed by atoms with Crippen LogP contribution in [0.1, 0.15) is 51.4 Å². The first kappa shape index (κ1) is 27.6. The Hall–Kier alpha value is -4.97. The summed E-state index contributed by atoms with van der Waals surface area (Å²) in [5.41, 5.74) is 2.42. The first-order chi connectivity index (χ1) is 19.7. The highest BCUT2D eigenvalue weighted by Crippen LogP contribution is 2.17. The van der Waals surface area contributed by atoms with Crippen molar-refractivity contribution in [3.63, 3.8) is 0 Å². The summed E-state index contributed by atoms with van der Waals surface area (Å²) in [7, 11) is 1.64. The number of fused-ring (bicyclic) bond motifs is 1. The van der Waals surface area contributed by atoms with Crippen molar-refractivity contribution >= 4 is 16.7 Å². The van der Waals surface area contributed by atoms with E-state index in [9.17, 15) is 22.8 Å². The van der Waals surface area contributed by atoms with Crippen LogP contribution in [-0.4, -0.2) is 25.1 Å². The number of hydrogen-bond donors (Lipinski definition) is 0. The van der Waals surface area contributed by atoms with Crippen molar-refractivity contribution in [3.05, 3.63) is 128 Å². The van der Waals surface area contributed by atoms with Gasteiger partial charge in [-0.1, -0.05) is 36.1 Å². The molecule has 41 heavy (non-hydrogen) atoms. The molecule has 0 aliphatic heterocycles. The lowest BCUT2D eigenvalue weighted by atomic mass is 10.1. The Morgan fingerprint density at radius 2 is 1.78 bits per heavy atom. The number of benzene rings is 3. The van der Waals surface area contributed by atoms with Gasteiger partial charge in [-0.15, -0.1) is 0 Å². The largest absolute Gasteiger partial charge is 0.294 e. The van der Waals surface area contributed by atoms with E-state index in [1.165, 1.54) is 16.8 Å². The first-order valence-corrected chi connectivity index (χ1v) is 12.9. The number of aromatic nitrogens is 4. The van der Waals surface area contributed by atoms with Gasteiger partial charge in [-0.3, -0.25) is 14.3 Å². The SMILES string of the molecule is Cc1c(C(=O)CCC#Cc2ccc3nc(Cc4ccccc4F)ncc3c2)c(=O)n(Cc2ccc(F)c(F)c2)n1C. The van der Waals surface area contributed by atoms with Crippen LogP contribution in [0.5, 0.6) is 0 Å². The Balaban J connectivity index is 1.25. The molecule has 0 N–H and O–H groups in total. The number of rotatable bonds is 7. The maximum atomic E-state index is 14.0. The fraction of sp³-hybridized carbons (Fsp3) is 0.188. The molecule has 3 aromatic carbocycles. The minimum absolute atomic E-state index is 0.00320. The van der Waals surface area contributed by atoms with E-state index < -0.39 is 17.2 Å².